The van der Waals surface area contributed by atoms with Crippen molar-refractivity contribution in [1.82, 2.24) is 10.3 Å². The highest BCUT2D eigenvalue weighted by molar-refractivity contribution is 7.19. The molecule has 1 heterocycles. The maximum atomic E-state index is 11.9. The van der Waals surface area contributed by atoms with E-state index in [0.717, 1.165) is 40.9 Å². The molecule has 2 N–H and O–H groups in total. The largest absolute Gasteiger partial charge is 0.393 e. The van der Waals surface area contributed by atoms with E-state index in [1.54, 1.807) is 17.4 Å². The standard InChI is InChI=1S/C17H20N2O2S/c20-14-7-3-1-5-12(14)11-18-16(21)9-10-17-19-13-6-2-4-8-15(13)22-17/h2,4,6,8-10,12,14,20H,1,3,5,7,11H2,(H,18,21). The molecule has 1 amide bonds. The van der Waals surface area contributed by atoms with Crippen LogP contribution in [-0.4, -0.2) is 28.6 Å². The molecule has 0 bridgehead atoms. The molecule has 1 aromatic carbocycles. The van der Waals surface area contributed by atoms with Crippen LogP contribution in [0.4, 0.5) is 0 Å². The Hall–Kier alpha value is -1.72. The summed E-state index contributed by atoms with van der Waals surface area (Å²) in [6.45, 7) is 0.546. The van der Waals surface area contributed by atoms with E-state index in [-0.39, 0.29) is 17.9 Å². The van der Waals surface area contributed by atoms with E-state index < -0.39 is 0 Å². The fraction of sp³-hybridized carbons (Fsp3) is 0.412. The molecule has 1 aliphatic carbocycles. The van der Waals surface area contributed by atoms with E-state index in [1.165, 1.54) is 6.08 Å². The second kappa shape index (κ2) is 7.03. The van der Waals surface area contributed by atoms with Gasteiger partial charge in [-0.1, -0.05) is 25.0 Å². The van der Waals surface area contributed by atoms with Crippen molar-refractivity contribution in [2.45, 2.75) is 31.8 Å². The molecule has 22 heavy (non-hydrogen) atoms. The summed E-state index contributed by atoms with van der Waals surface area (Å²) in [6.07, 6.45) is 7.06. The van der Waals surface area contributed by atoms with Crippen molar-refractivity contribution in [1.29, 1.82) is 0 Å². The van der Waals surface area contributed by atoms with Gasteiger partial charge < -0.3 is 10.4 Å². The van der Waals surface area contributed by atoms with E-state index >= 15 is 0 Å². The van der Waals surface area contributed by atoms with Gasteiger partial charge in [-0.15, -0.1) is 11.3 Å². The SMILES string of the molecule is O=C(C=Cc1nc2ccccc2s1)NCC1CCCCC1O. The summed E-state index contributed by atoms with van der Waals surface area (Å²) >= 11 is 1.57. The number of aliphatic hydroxyl groups is 1. The molecular weight excluding hydrogens is 296 g/mol. The molecule has 0 aliphatic heterocycles. The molecule has 2 unspecified atom stereocenters. The van der Waals surface area contributed by atoms with E-state index in [9.17, 15) is 9.90 Å². The normalized spacial score (nSPS) is 22.2. The van der Waals surface area contributed by atoms with Crippen LogP contribution < -0.4 is 5.32 Å². The highest BCUT2D eigenvalue weighted by Crippen LogP contribution is 2.24. The van der Waals surface area contributed by atoms with Crippen LogP contribution in [0.5, 0.6) is 0 Å². The third-order valence-corrected chi connectivity index (χ3v) is 5.10. The van der Waals surface area contributed by atoms with Gasteiger partial charge >= 0.3 is 0 Å². The Balaban J connectivity index is 1.54. The first-order valence-electron chi connectivity index (χ1n) is 7.72. The third-order valence-electron chi connectivity index (χ3n) is 4.10. The quantitative estimate of drug-likeness (QED) is 0.853. The summed E-state index contributed by atoms with van der Waals surface area (Å²) in [5, 5.41) is 13.6. The number of aliphatic hydroxyl groups excluding tert-OH is 1. The maximum absolute atomic E-state index is 11.9. The summed E-state index contributed by atoms with van der Waals surface area (Å²) < 4.78 is 1.12. The number of amides is 1. The first kappa shape index (κ1) is 15.2. The number of carbonyl (C=O) groups is 1. The molecular formula is C17H20N2O2S. The van der Waals surface area contributed by atoms with Gasteiger partial charge in [0.05, 0.1) is 16.3 Å². The Kier molecular flexibility index (Phi) is 4.85. The zero-order valence-electron chi connectivity index (χ0n) is 12.4. The third kappa shape index (κ3) is 3.72. The number of nitrogens with one attached hydrogen (secondary N) is 1. The van der Waals surface area contributed by atoms with Gasteiger partial charge in [0.25, 0.3) is 0 Å². The Bertz CT molecular complexity index is 647. The van der Waals surface area contributed by atoms with E-state index in [2.05, 4.69) is 10.3 Å². The maximum Gasteiger partial charge on any atom is 0.244 e. The predicted molar refractivity (Wildman–Crippen MR) is 89.6 cm³/mol. The number of aromatic nitrogens is 1. The lowest BCUT2D eigenvalue weighted by molar-refractivity contribution is -0.116. The van der Waals surface area contributed by atoms with Crippen molar-refractivity contribution in [3.63, 3.8) is 0 Å². The first-order valence-corrected chi connectivity index (χ1v) is 8.53. The minimum absolute atomic E-state index is 0.128. The van der Waals surface area contributed by atoms with Gasteiger partial charge in [-0.05, 0) is 31.1 Å². The Morgan fingerprint density at radius 3 is 3.00 bits per heavy atom. The number of fused-ring (bicyclic) bond motifs is 1. The van der Waals surface area contributed by atoms with Gasteiger partial charge in [0.15, 0.2) is 0 Å². The molecule has 0 saturated heterocycles. The number of hydrogen-bond donors (Lipinski definition) is 2. The summed E-state index contributed by atoms with van der Waals surface area (Å²) in [5.41, 5.74) is 0.956. The molecule has 0 spiro atoms. The summed E-state index contributed by atoms with van der Waals surface area (Å²) in [6, 6.07) is 7.93. The number of rotatable bonds is 4. The van der Waals surface area contributed by atoms with Crippen molar-refractivity contribution < 1.29 is 9.90 Å². The van der Waals surface area contributed by atoms with Gasteiger partial charge in [-0.25, -0.2) is 4.98 Å². The summed E-state index contributed by atoms with van der Waals surface area (Å²) in [5.74, 6) is 0.0607. The lowest BCUT2D eigenvalue weighted by atomic mass is 9.86. The molecule has 5 heteroatoms. The number of benzene rings is 1. The van der Waals surface area contributed by atoms with Crippen LogP contribution in [0.1, 0.15) is 30.7 Å². The molecule has 2 aromatic rings. The van der Waals surface area contributed by atoms with Crippen molar-refractivity contribution >= 4 is 33.5 Å². The second-order valence-corrected chi connectivity index (χ2v) is 6.77. The van der Waals surface area contributed by atoms with E-state index in [1.807, 2.05) is 24.3 Å². The molecule has 116 valence electrons. The van der Waals surface area contributed by atoms with Gasteiger partial charge in [0.2, 0.25) is 5.91 Å². The zero-order chi connectivity index (χ0) is 15.4. The van der Waals surface area contributed by atoms with Crippen LogP contribution in [0, 0.1) is 5.92 Å². The highest BCUT2D eigenvalue weighted by Gasteiger charge is 2.22. The van der Waals surface area contributed by atoms with Crippen LogP contribution in [0.3, 0.4) is 0 Å². The van der Waals surface area contributed by atoms with Crippen LogP contribution in [0.2, 0.25) is 0 Å². The molecule has 3 rings (SSSR count). The van der Waals surface area contributed by atoms with Crippen LogP contribution >= 0.6 is 11.3 Å². The summed E-state index contributed by atoms with van der Waals surface area (Å²) in [7, 11) is 0. The monoisotopic (exact) mass is 316 g/mol. The predicted octanol–water partition coefficient (Wildman–Crippen LogP) is 2.98. The van der Waals surface area contributed by atoms with Gasteiger partial charge in [-0.2, -0.15) is 0 Å². The lowest BCUT2D eigenvalue weighted by Crippen LogP contribution is -2.36. The molecule has 1 saturated carbocycles. The molecule has 4 nitrogen and oxygen atoms in total. The fourth-order valence-corrected chi connectivity index (χ4v) is 3.70. The minimum Gasteiger partial charge on any atom is -0.393 e. The average molecular weight is 316 g/mol. The molecule has 0 radical (unpaired) electrons. The number of hydrogen-bond acceptors (Lipinski definition) is 4. The molecule has 2 atom stereocenters. The van der Waals surface area contributed by atoms with E-state index in [4.69, 9.17) is 0 Å². The van der Waals surface area contributed by atoms with Crippen LogP contribution in [-0.2, 0) is 4.79 Å². The molecule has 1 aromatic heterocycles. The van der Waals surface area contributed by atoms with Crippen LogP contribution in [0.15, 0.2) is 30.3 Å². The number of para-hydroxylation sites is 1. The zero-order valence-corrected chi connectivity index (χ0v) is 13.2. The number of thiazole rings is 1. The van der Waals surface area contributed by atoms with Crippen molar-refractivity contribution in [2.75, 3.05) is 6.54 Å². The number of nitrogens with zero attached hydrogens (tertiary/aromatic N) is 1. The molecule has 1 fully saturated rings. The Morgan fingerprint density at radius 1 is 1.36 bits per heavy atom. The number of carbonyl (C=O) groups excluding carboxylic acids is 1. The topological polar surface area (TPSA) is 62.2 Å². The lowest BCUT2D eigenvalue weighted by Gasteiger charge is -2.27. The molecule has 1 aliphatic rings. The van der Waals surface area contributed by atoms with Crippen molar-refractivity contribution in [2.24, 2.45) is 5.92 Å². The van der Waals surface area contributed by atoms with Crippen molar-refractivity contribution in [3.05, 3.63) is 35.3 Å². The Morgan fingerprint density at radius 2 is 2.18 bits per heavy atom. The average Bonchev–Trinajstić information content (AvgIpc) is 2.95. The first-order chi connectivity index (χ1) is 10.7. The summed E-state index contributed by atoms with van der Waals surface area (Å²) in [4.78, 5) is 16.3. The van der Waals surface area contributed by atoms with Gasteiger partial charge in [-0.3, -0.25) is 4.79 Å². The second-order valence-electron chi connectivity index (χ2n) is 5.71. The minimum atomic E-state index is -0.276. The van der Waals surface area contributed by atoms with Crippen LogP contribution in [0.25, 0.3) is 16.3 Å². The van der Waals surface area contributed by atoms with Crippen molar-refractivity contribution in [3.8, 4) is 0 Å². The van der Waals surface area contributed by atoms with E-state index in [0.29, 0.717) is 6.54 Å². The van der Waals surface area contributed by atoms with Gasteiger partial charge in [0, 0.05) is 18.5 Å². The van der Waals surface area contributed by atoms with Gasteiger partial charge in [0.1, 0.15) is 5.01 Å². The smallest absolute Gasteiger partial charge is 0.244 e. The fourth-order valence-electron chi connectivity index (χ4n) is 2.83. The highest BCUT2D eigenvalue weighted by atomic mass is 32.1. The Labute approximate surface area is 133 Å².